The first-order chi connectivity index (χ1) is 10.4. The number of hydrogen-bond acceptors (Lipinski definition) is 6. The van der Waals surface area contributed by atoms with Crippen molar-refractivity contribution in [3.05, 3.63) is 28.3 Å². The molecule has 3 aliphatic heterocycles. The second-order valence-corrected chi connectivity index (χ2v) is 7.67. The van der Waals surface area contributed by atoms with Gasteiger partial charge in [-0.05, 0) is 12.3 Å². The van der Waals surface area contributed by atoms with E-state index in [4.69, 9.17) is 4.74 Å². The molecule has 0 aromatic rings. The Balaban J connectivity index is 1.99. The standard InChI is InChI=1S/C13H15N3O5S/c1-21-13(18)10-6-16(4-8-2-3-22(19,20)7-8)5-9-11(10)14-15-12(9)17/h5-6,8H,2-4,7H2,1H3,(H,15,17). The van der Waals surface area contributed by atoms with Crippen LogP contribution < -0.4 is 5.56 Å². The van der Waals surface area contributed by atoms with Gasteiger partial charge in [0.05, 0.1) is 24.2 Å². The fourth-order valence-electron chi connectivity index (χ4n) is 2.77. The SMILES string of the molecule is COC(=O)c1cn(CC2CCS(=O)(=O)C2)cc2c(=O)[nH]nc1-2. The predicted molar refractivity (Wildman–Crippen MR) is 77.6 cm³/mol. The van der Waals surface area contributed by atoms with Gasteiger partial charge in [0, 0.05) is 18.9 Å². The number of carbonyl (C=O) groups is 1. The summed E-state index contributed by atoms with van der Waals surface area (Å²) in [5.74, 6) is -0.311. The van der Waals surface area contributed by atoms with Crippen molar-refractivity contribution < 1.29 is 17.9 Å². The zero-order valence-electron chi connectivity index (χ0n) is 11.9. The molecule has 1 fully saturated rings. The summed E-state index contributed by atoms with van der Waals surface area (Å²) in [6.07, 6.45) is 3.70. The second kappa shape index (κ2) is 5.24. The van der Waals surface area contributed by atoms with E-state index >= 15 is 0 Å². The Morgan fingerprint density at radius 3 is 2.91 bits per heavy atom. The number of H-pyrrole nitrogens is 1. The zero-order chi connectivity index (χ0) is 15.9. The van der Waals surface area contributed by atoms with Gasteiger partial charge in [0.2, 0.25) is 0 Å². The molecule has 0 spiro atoms. The lowest BCUT2D eigenvalue weighted by Gasteiger charge is -2.14. The second-order valence-electron chi connectivity index (χ2n) is 5.44. The summed E-state index contributed by atoms with van der Waals surface area (Å²) in [5.41, 5.74) is 0.323. The Morgan fingerprint density at radius 1 is 1.50 bits per heavy atom. The number of aromatic amines is 1. The molecule has 0 aromatic heterocycles. The van der Waals surface area contributed by atoms with Crippen molar-refractivity contribution in [1.82, 2.24) is 14.8 Å². The third-order valence-electron chi connectivity index (χ3n) is 3.82. The van der Waals surface area contributed by atoms with Crippen LogP contribution in [0.15, 0.2) is 17.2 Å². The van der Waals surface area contributed by atoms with Crippen molar-refractivity contribution in [1.29, 1.82) is 0 Å². The van der Waals surface area contributed by atoms with E-state index in [-0.39, 0.29) is 34.2 Å². The van der Waals surface area contributed by atoms with Gasteiger partial charge in [0.15, 0.2) is 9.84 Å². The van der Waals surface area contributed by atoms with Crippen molar-refractivity contribution in [2.45, 2.75) is 13.0 Å². The Labute approximate surface area is 126 Å². The molecule has 0 aromatic carbocycles. The molecule has 0 bridgehead atoms. The third-order valence-corrected chi connectivity index (χ3v) is 5.65. The highest BCUT2D eigenvalue weighted by Crippen LogP contribution is 2.24. The first-order valence-corrected chi connectivity index (χ1v) is 8.58. The van der Waals surface area contributed by atoms with E-state index < -0.39 is 21.4 Å². The number of sulfone groups is 1. The monoisotopic (exact) mass is 325 g/mol. The summed E-state index contributed by atoms with van der Waals surface area (Å²) in [7, 11) is -1.72. The molecule has 8 nitrogen and oxygen atoms in total. The topological polar surface area (TPSA) is 111 Å². The van der Waals surface area contributed by atoms with E-state index in [0.717, 1.165) is 0 Å². The molecule has 1 atom stereocenters. The van der Waals surface area contributed by atoms with Gasteiger partial charge in [-0.25, -0.2) is 18.3 Å². The number of nitrogens with zero attached hydrogens (tertiary/aromatic N) is 2. The normalized spacial score (nSPS) is 20.3. The predicted octanol–water partition coefficient (Wildman–Crippen LogP) is -0.102. The lowest BCUT2D eigenvalue weighted by Crippen LogP contribution is -2.16. The number of hydrogen-bond donors (Lipinski definition) is 1. The average Bonchev–Trinajstić information content (AvgIpc) is 3.01. The molecular formula is C13H15N3O5S. The highest BCUT2D eigenvalue weighted by molar-refractivity contribution is 7.91. The number of pyridine rings is 1. The van der Waals surface area contributed by atoms with Crippen LogP contribution in [0.4, 0.5) is 0 Å². The summed E-state index contributed by atoms with van der Waals surface area (Å²) >= 11 is 0. The molecule has 3 aliphatic rings. The van der Waals surface area contributed by atoms with Crippen molar-refractivity contribution in [3.8, 4) is 11.3 Å². The zero-order valence-corrected chi connectivity index (χ0v) is 12.7. The van der Waals surface area contributed by atoms with Crippen LogP contribution in [0.2, 0.25) is 0 Å². The van der Waals surface area contributed by atoms with Gasteiger partial charge in [0.25, 0.3) is 5.56 Å². The molecular weight excluding hydrogens is 310 g/mol. The molecule has 3 rings (SSSR count). The molecule has 0 aliphatic carbocycles. The van der Waals surface area contributed by atoms with Gasteiger partial charge in [-0.15, -0.1) is 0 Å². The van der Waals surface area contributed by atoms with Gasteiger partial charge in [-0.2, -0.15) is 5.10 Å². The Hall–Kier alpha value is -2.16. The minimum atomic E-state index is -2.97. The van der Waals surface area contributed by atoms with E-state index in [1.807, 2.05) is 0 Å². The molecule has 1 N–H and O–H groups in total. The fraction of sp³-hybridized carbons (Fsp3) is 0.462. The van der Waals surface area contributed by atoms with Crippen LogP contribution >= 0.6 is 0 Å². The molecule has 118 valence electrons. The van der Waals surface area contributed by atoms with Crippen LogP contribution in [-0.4, -0.2) is 47.8 Å². The highest BCUT2D eigenvalue weighted by atomic mass is 32.2. The molecule has 9 heteroatoms. The van der Waals surface area contributed by atoms with E-state index in [1.54, 1.807) is 17.0 Å². The molecule has 0 radical (unpaired) electrons. The highest BCUT2D eigenvalue weighted by Gasteiger charge is 2.29. The number of aromatic nitrogens is 3. The first-order valence-electron chi connectivity index (χ1n) is 6.76. The van der Waals surface area contributed by atoms with Crippen LogP contribution in [0.3, 0.4) is 0 Å². The Morgan fingerprint density at radius 2 is 2.27 bits per heavy atom. The number of fused-ring (bicyclic) bond motifs is 1. The van der Waals surface area contributed by atoms with Gasteiger partial charge < -0.3 is 9.30 Å². The summed E-state index contributed by atoms with van der Waals surface area (Å²) in [6, 6.07) is 0. The molecule has 0 amide bonds. The maximum absolute atomic E-state index is 11.8. The summed E-state index contributed by atoms with van der Waals surface area (Å²) in [4.78, 5) is 23.6. The van der Waals surface area contributed by atoms with Crippen molar-refractivity contribution >= 4 is 15.8 Å². The molecule has 22 heavy (non-hydrogen) atoms. The van der Waals surface area contributed by atoms with E-state index in [1.165, 1.54) is 7.11 Å². The summed E-state index contributed by atoms with van der Waals surface area (Å²) < 4.78 is 29.4. The van der Waals surface area contributed by atoms with Gasteiger partial charge in [-0.3, -0.25) is 4.79 Å². The molecule has 1 saturated heterocycles. The smallest absolute Gasteiger partial charge is 0.341 e. The van der Waals surface area contributed by atoms with Crippen LogP contribution in [0, 0.1) is 5.92 Å². The summed E-state index contributed by atoms with van der Waals surface area (Å²) in [5, 5.41) is 6.14. The minimum absolute atomic E-state index is 0.0278. The van der Waals surface area contributed by atoms with E-state index in [2.05, 4.69) is 10.2 Å². The van der Waals surface area contributed by atoms with Crippen LogP contribution in [0.25, 0.3) is 11.3 Å². The van der Waals surface area contributed by atoms with Crippen LogP contribution in [0.5, 0.6) is 0 Å². The Kier molecular flexibility index (Phi) is 3.51. The van der Waals surface area contributed by atoms with Crippen molar-refractivity contribution in [2.75, 3.05) is 18.6 Å². The van der Waals surface area contributed by atoms with Crippen molar-refractivity contribution in [3.63, 3.8) is 0 Å². The fourth-order valence-corrected chi connectivity index (χ4v) is 4.62. The quantitative estimate of drug-likeness (QED) is 0.789. The minimum Gasteiger partial charge on any atom is -0.465 e. The maximum Gasteiger partial charge on any atom is 0.341 e. The molecule has 1 unspecified atom stereocenters. The average molecular weight is 325 g/mol. The number of nitrogens with one attached hydrogen (secondary N) is 1. The van der Waals surface area contributed by atoms with Gasteiger partial charge >= 0.3 is 5.97 Å². The summed E-state index contributed by atoms with van der Waals surface area (Å²) in [6.45, 7) is 0.420. The first kappa shape index (κ1) is 14.8. The number of ether oxygens (including phenoxy) is 1. The maximum atomic E-state index is 11.8. The number of carbonyl (C=O) groups excluding carboxylic acids is 1. The van der Waals surface area contributed by atoms with Crippen molar-refractivity contribution in [2.24, 2.45) is 5.92 Å². The van der Waals surface area contributed by atoms with E-state index in [9.17, 15) is 18.0 Å². The van der Waals surface area contributed by atoms with Gasteiger partial charge in [-0.1, -0.05) is 0 Å². The number of methoxy groups -OCH3 is 1. The van der Waals surface area contributed by atoms with Gasteiger partial charge in [0.1, 0.15) is 11.3 Å². The molecule has 3 heterocycles. The Bertz CT molecular complexity index is 851. The lowest BCUT2D eigenvalue weighted by atomic mass is 10.1. The largest absolute Gasteiger partial charge is 0.465 e. The number of rotatable bonds is 3. The van der Waals surface area contributed by atoms with E-state index in [0.29, 0.717) is 13.0 Å². The number of esters is 1. The molecule has 0 saturated carbocycles. The third kappa shape index (κ3) is 2.63. The van der Waals surface area contributed by atoms with Crippen LogP contribution in [0.1, 0.15) is 16.8 Å². The van der Waals surface area contributed by atoms with Crippen LogP contribution in [-0.2, 0) is 21.1 Å². The lowest BCUT2D eigenvalue weighted by molar-refractivity contribution is 0.0600.